The quantitative estimate of drug-likeness (QED) is 0.520. The topological polar surface area (TPSA) is 61.4 Å². The Hall–Kier alpha value is -3.34. The van der Waals surface area contributed by atoms with E-state index in [0.29, 0.717) is 22.0 Å². The lowest BCUT2D eigenvalue weighted by Crippen LogP contribution is -2.02. The van der Waals surface area contributed by atoms with Crippen molar-refractivity contribution >= 4 is 27.7 Å². The number of methoxy groups -OCH3 is 1. The fourth-order valence-electron chi connectivity index (χ4n) is 3.49. The zero-order valence-corrected chi connectivity index (χ0v) is 14.7. The Labute approximate surface area is 149 Å². The SMILES string of the molecule is COc1ccc(-n2c(C)c(C(C)=O)c3oc(=O)c4ccccc4c32)cc1. The molecule has 0 bridgehead atoms. The van der Waals surface area contributed by atoms with Gasteiger partial charge in [-0.05, 0) is 44.2 Å². The van der Waals surface area contributed by atoms with E-state index in [9.17, 15) is 9.59 Å². The molecule has 0 unspecified atom stereocenters. The lowest BCUT2D eigenvalue weighted by atomic mass is 10.1. The van der Waals surface area contributed by atoms with Crippen molar-refractivity contribution in [1.82, 2.24) is 4.57 Å². The number of ether oxygens (including phenoxy) is 1. The summed E-state index contributed by atoms with van der Waals surface area (Å²) < 4.78 is 12.8. The molecule has 2 aromatic carbocycles. The van der Waals surface area contributed by atoms with Crippen LogP contribution in [0.5, 0.6) is 5.75 Å². The second-order valence-corrected chi connectivity index (χ2v) is 6.16. The Balaban J connectivity index is 2.21. The van der Waals surface area contributed by atoms with Crippen LogP contribution in [-0.4, -0.2) is 17.5 Å². The number of hydrogen-bond acceptors (Lipinski definition) is 4. The van der Waals surface area contributed by atoms with E-state index >= 15 is 0 Å². The molecular weight excluding hydrogens is 330 g/mol. The third-order valence-electron chi connectivity index (χ3n) is 4.64. The minimum absolute atomic E-state index is 0.141. The van der Waals surface area contributed by atoms with Crippen LogP contribution in [0, 0.1) is 6.92 Å². The van der Waals surface area contributed by atoms with E-state index in [1.54, 1.807) is 19.2 Å². The van der Waals surface area contributed by atoms with Crippen LogP contribution in [0.1, 0.15) is 23.0 Å². The number of fused-ring (bicyclic) bond motifs is 3. The van der Waals surface area contributed by atoms with Crippen LogP contribution in [0.4, 0.5) is 0 Å². The molecule has 0 spiro atoms. The van der Waals surface area contributed by atoms with E-state index in [2.05, 4.69) is 0 Å². The maximum atomic E-state index is 12.4. The minimum Gasteiger partial charge on any atom is -0.497 e. The molecule has 0 atom stereocenters. The monoisotopic (exact) mass is 347 g/mol. The van der Waals surface area contributed by atoms with Gasteiger partial charge >= 0.3 is 5.63 Å². The van der Waals surface area contributed by atoms with Gasteiger partial charge in [-0.1, -0.05) is 18.2 Å². The molecule has 2 aromatic heterocycles. The Kier molecular flexibility index (Phi) is 3.65. The fraction of sp³-hybridized carbons (Fsp3) is 0.143. The summed E-state index contributed by atoms with van der Waals surface area (Å²) in [4.78, 5) is 24.7. The van der Waals surface area contributed by atoms with Crippen molar-refractivity contribution in [2.75, 3.05) is 7.11 Å². The van der Waals surface area contributed by atoms with Crippen molar-refractivity contribution in [2.45, 2.75) is 13.8 Å². The first kappa shape index (κ1) is 16.1. The van der Waals surface area contributed by atoms with Gasteiger partial charge in [0, 0.05) is 16.8 Å². The van der Waals surface area contributed by atoms with E-state index in [4.69, 9.17) is 9.15 Å². The molecule has 0 N–H and O–H groups in total. The molecule has 0 aliphatic rings. The van der Waals surface area contributed by atoms with Crippen LogP contribution in [0.15, 0.2) is 57.7 Å². The molecule has 130 valence electrons. The zero-order chi connectivity index (χ0) is 18.4. The normalized spacial score (nSPS) is 11.2. The van der Waals surface area contributed by atoms with Crippen molar-refractivity contribution in [1.29, 1.82) is 0 Å². The van der Waals surface area contributed by atoms with E-state index < -0.39 is 5.63 Å². The van der Waals surface area contributed by atoms with E-state index in [0.717, 1.165) is 22.5 Å². The summed E-state index contributed by atoms with van der Waals surface area (Å²) in [6.07, 6.45) is 0. The highest BCUT2D eigenvalue weighted by molar-refractivity contribution is 6.13. The largest absolute Gasteiger partial charge is 0.497 e. The second kappa shape index (κ2) is 5.88. The van der Waals surface area contributed by atoms with Crippen molar-refractivity contribution in [3.63, 3.8) is 0 Å². The molecule has 5 nitrogen and oxygen atoms in total. The highest BCUT2D eigenvalue weighted by Crippen LogP contribution is 2.33. The highest BCUT2D eigenvalue weighted by atomic mass is 16.5. The van der Waals surface area contributed by atoms with Crippen molar-refractivity contribution in [3.8, 4) is 11.4 Å². The van der Waals surface area contributed by atoms with Crippen molar-refractivity contribution < 1.29 is 13.9 Å². The smallest absolute Gasteiger partial charge is 0.344 e. The van der Waals surface area contributed by atoms with Gasteiger partial charge in [-0.25, -0.2) is 4.79 Å². The summed E-state index contributed by atoms with van der Waals surface area (Å²) in [5, 5.41) is 1.24. The number of rotatable bonds is 3. The lowest BCUT2D eigenvalue weighted by Gasteiger charge is -2.10. The molecule has 0 saturated heterocycles. The van der Waals surface area contributed by atoms with Gasteiger partial charge in [0.2, 0.25) is 0 Å². The number of Topliss-reactive ketones (excluding diaryl/α,β-unsaturated/α-hetero) is 1. The van der Waals surface area contributed by atoms with Gasteiger partial charge in [0.05, 0.1) is 23.6 Å². The van der Waals surface area contributed by atoms with Crippen molar-refractivity contribution in [3.05, 3.63) is 70.2 Å². The minimum atomic E-state index is -0.442. The van der Waals surface area contributed by atoms with Crippen molar-refractivity contribution in [2.24, 2.45) is 0 Å². The van der Waals surface area contributed by atoms with Crippen LogP contribution in [0.2, 0.25) is 0 Å². The molecule has 0 aliphatic carbocycles. The van der Waals surface area contributed by atoms with Crippen LogP contribution in [0.25, 0.3) is 27.6 Å². The first-order valence-corrected chi connectivity index (χ1v) is 8.25. The van der Waals surface area contributed by atoms with Gasteiger partial charge in [0.25, 0.3) is 0 Å². The van der Waals surface area contributed by atoms with Gasteiger partial charge < -0.3 is 13.7 Å². The molecule has 4 aromatic rings. The number of benzene rings is 2. The number of carbonyl (C=O) groups excluding carboxylic acids is 1. The summed E-state index contributed by atoms with van der Waals surface area (Å²) in [6, 6.07) is 14.8. The highest BCUT2D eigenvalue weighted by Gasteiger charge is 2.23. The first-order chi connectivity index (χ1) is 12.5. The zero-order valence-electron chi connectivity index (χ0n) is 14.7. The van der Waals surface area contributed by atoms with Crippen LogP contribution < -0.4 is 10.4 Å². The van der Waals surface area contributed by atoms with Crippen LogP contribution >= 0.6 is 0 Å². The number of aromatic nitrogens is 1. The average molecular weight is 347 g/mol. The number of carbonyl (C=O) groups is 1. The molecule has 0 amide bonds. The molecule has 0 saturated carbocycles. The number of hydrogen-bond donors (Lipinski definition) is 0. The van der Waals surface area contributed by atoms with E-state index in [-0.39, 0.29) is 5.78 Å². The Morgan fingerprint density at radius 2 is 1.69 bits per heavy atom. The van der Waals surface area contributed by atoms with E-state index in [1.807, 2.05) is 47.9 Å². The van der Waals surface area contributed by atoms with Gasteiger partial charge in [-0.2, -0.15) is 0 Å². The van der Waals surface area contributed by atoms with Crippen LogP contribution in [0.3, 0.4) is 0 Å². The average Bonchev–Trinajstić information content (AvgIpc) is 2.94. The molecule has 0 fully saturated rings. The van der Waals surface area contributed by atoms with Gasteiger partial charge in [0.1, 0.15) is 5.75 Å². The van der Waals surface area contributed by atoms with Gasteiger partial charge in [0.15, 0.2) is 11.4 Å². The van der Waals surface area contributed by atoms with Gasteiger partial charge in [-0.3, -0.25) is 4.79 Å². The van der Waals surface area contributed by atoms with Crippen LogP contribution in [-0.2, 0) is 0 Å². The maximum absolute atomic E-state index is 12.4. The molecular formula is C21H17NO4. The fourth-order valence-corrected chi connectivity index (χ4v) is 3.49. The first-order valence-electron chi connectivity index (χ1n) is 8.25. The maximum Gasteiger partial charge on any atom is 0.344 e. The predicted molar refractivity (Wildman–Crippen MR) is 101 cm³/mol. The Morgan fingerprint density at radius 3 is 2.31 bits per heavy atom. The summed E-state index contributed by atoms with van der Waals surface area (Å²) in [5.74, 6) is 0.601. The van der Waals surface area contributed by atoms with Gasteiger partial charge in [-0.15, -0.1) is 0 Å². The Bertz CT molecular complexity index is 1210. The molecule has 0 radical (unpaired) electrons. The summed E-state index contributed by atoms with van der Waals surface area (Å²) in [6.45, 7) is 3.34. The van der Waals surface area contributed by atoms with E-state index in [1.165, 1.54) is 6.92 Å². The number of nitrogens with zero attached hydrogens (tertiary/aromatic N) is 1. The summed E-state index contributed by atoms with van der Waals surface area (Å²) >= 11 is 0. The third-order valence-corrected chi connectivity index (χ3v) is 4.64. The molecule has 0 aliphatic heterocycles. The predicted octanol–water partition coefficient (Wildman–Crippen LogP) is 4.26. The molecule has 26 heavy (non-hydrogen) atoms. The Morgan fingerprint density at radius 1 is 1.04 bits per heavy atom. The second-order valence-electron chi connectivity index (χ2n) is 6.16. The molecule has 2 heterocycles. The summed E-state index contributed by atoms with van der Waals surface area (Å²) in [5.41, 5.74) is 2.63. The third kappa shape index (κ3) is 2.24. The number of ketones is 1. The molecule has 5 heteroatoms. The lowest BCUT2D eigenvalue weighted by molar-refractivity contribution is 0.101. The standard InChI is InChI=1S/C21H17NO4/c1-12-18(13(2)23)20-19(16-6-4-5-7-17(16)21(24)26-20)22(12)14-8-10-15(25-3)11-9-14/h4-11H,1-3H3. The molecule has 4 rings (SSSR count). The summed E-state index contributed by atoms with van der Waals surface area (Å²) in [7, 11) is 1.61.